The van der Waals surface area contributed by atoms with Gasteiger partial charge in [-0.15, -0.1) is 0 Å². The van der Waals surface area contributed by atoms with E-state index in [1.807, 2.05) is 31.2 Å². The van der Waals surface area contributed by atoms with E-state index < -0.39 is 5.92 Å². The van der Waals surface area contributed by atoms with Crippen LogP contribution in [0.5, 0.6) is 0 Å². The number of rotatable bonds is 4. The number of halogens is 1. The topological polar surface area (TPSA) is 37.4 Å². The molecule has 1 fully saturated rings. The molecule has 0 unspecified atom stereocenters. The smallest absolute Gasteiger partial charge is 0.233 e. The summed E-state index contributed by atoms with van der Waals surface area (Å²) in [7, 11) is 1.73. The van der Waals surface area contributed by atoms with Gasteiger partial charge in [0.1, 0.15) is 17.5 Å². The fraction of sp³-hybridized carbons (Fsp3) is 0.333. The minimum Gasteiger partial charge on any atom is -0.344 e. The van der Waals surface area contributed by atoms with Crippen molar-refractivity contribution < 1.29 is 14.0 Å². The van der Waals surface area contributed by atoms with Gasteiger partial charge in [0.25, 0.3) is 0 Å². The van der Waals surface area contributed by atoms with Crippen molar-refractivity contribution in [2.75, 3.05) is 13.6 Å². The Labute approximate surface area is 147 Å². The van der Waals surface area contributed by atoms with Crippen LogP contribution in [0, 0.1) is 25.6 Å². The summed E-state index contributed by atoms with van der Waals surface area (Å²) in [5.41, 5.74) is 3.23. The van der Waals surface area contributed by atoms with Gasteiger partial charge in [0.15, 0.2) is 0 Å². The molecule has 2 aromatic rings. The number of likely N-dealkylation sites (N-methyl/N-ethyl adjacent to an activating group) is 1. The maximum atomic E-state index is 13.7. The van der Waals surface area contributed by atoms with E-state index >= 15 is 0 Å². The Morgan fingerprint density at radius 1 is 1.20 bits per heavy atom. The summed E-state index contributed by atoms with van der Waals surface area (Å²) < 4.78 is 13.7. The second-order valence-corrected chi connectivity index (χ2v) is 6.88. The zero-order chi connectivity index (χ0) is 18.1. The number of likely N-dealkylation sites (tertiary alicyclic amines) is 1. The van der Waals surface area contributed by atoms with Gasteiger partial charge in [0.05, 0.1) is 0 Å². The summed E-state index contributed by atoms with van der Waals surface area (Å²) in [4.78, 5) is 27.1. The van der Waals surface area contributed by atoms with Crippen LogP contribution >= 0.6 is 0 Å². The van der Waals surface area contributed by atoms with Crippen molar-refractivity contribution in [1.82, 2.24) is 4.90 Å². The van der Waals surface area contributed by atoms with Crippen molar-refractivity contribution in [3.05, 3.63) is 70.5 Å². The molecule has 0 aromatic heterocycles. The largest absolute Gasteiger partial charge is 0.344 e. The number of carbonyl (C=O) groups is 2. The van der Waals surface area contributed by atoms with Gasteiger partial charge in [0.2, 0.25) is 5.91 Å². The van der Waals surface area contributed by atoms with Gasteiger partial charge in [0, 0.05) is 25.9 Å². The van der Waals surface area contributed by atoms with Crippen molar-refractivity contribution in [3.63, 3.8) is 0 Å². The summed E-state index contributed by atoms with van der Waals surface area (Å²) in [5.74, 6) is -1.47. The van der Waals surface area contributed by atoms with Gasteiger partial charge in [-0.2, -0.15) is 0 Å². The second kappa shape index (κ2) is 6.79. The van der Waals surface area contributed by atoms with E-state index in [9.17, 15) is 14.0 Å². The maximum absolute atomic E-state index is 13.7. The molecule has 3 nitrogen and oxygen atoms in total. The lowest BCUT2D eigenvalue weighted by atomic mass is 9.83. The Balaban J connectivity index is 1.90. The van der Waals surface area contributed by atoms with Crippen molar-refractivity contribution in [1.29, 1.82) is 0 Å². The van der Waals surface area contributed by atoms with Gasteiger partial charge < -0.3 is 4.90 Å². The number of amides is 1. The van der Waals surface area contributed by atoms with Crippen LogP contribution in [0.2, 0.25) is 0 Å². The molecule has 130 valence electrons. The highest BCUT2D eigenvalue weighted by Gasteiger charge is 2.43. The van der Waals surface area contributed by atoms with E-state index in [0.29, 0.717) is 17.7 Å². The predicted octanol–water partition coefficient (Wildman–Crippen LogP) is 3.43. The third kappa shape index (κ3) is 3.34. The summed E-state index contributed by atoms with van der Waals surface area (Å²) in [6.45, 7) is 4.19. The van der Waals surface area contributed by atoms with E-state index in [2.05, 4.69) is 0 Å². The number of hydrogen-bond donors (Lipinski definition) is 0. The van der Waals surface area contributed by atoms with Crippen molar-refractivity contribution in [2.24, 2.45) is 5.92 Å². The molecular weight excluding hydrogens is 317 g/mol. The molecule has 1 aliphatic heterocycles. The molecule has 4 heteroatoms. The van der Waals surface area contributed by atoms with E-state index in [1.54, 1.807) is 31.0 Å². The molecular formula is C21H22FNO2. The van der Waals surface area contributed by atoms with Gasteiger partial charge in [-0.3, -0.25) is 9.59 Å². The van der Waals surface area contributed by atoms with Crippen molar-refractivity contribution >= 4 is 11.7 Å². The van der Waals surface area contributed by atoms with Crippen LogP contribution < -0.4 is 0 Å². The zero-order valence-electron chi connectivity index (χ0n) is 14.8. The number of ketones is 1. The molecule has 3 rings (SSSR count). The summed E-state index contributed by atoms with van der Waals surface area (Å²) >= 11 is 0. The number of Topliss-reactive ketones (excluding diaryl/α,β-unsaturated/α-hetero) is 1. The number of hydrogen-bond acceptors (Lipinski definition) is 2. The van der Waals surface area contributed by atoms with E-state index in [0.717, 1.165) is 11.1 Å². The minimum absolute atomic E-state index is 0.0795. The number of aryl methyl sites for hydroxylation is 1. The standard InChI is InChI=1S/C21H22FNO2/c1-13-6-4-8-16(10-13)17-12-23(3)21(25)20(17)19(24)11-15-7-5-9-18(22)14(15)2/h4-10,17,20H,11-12H2,1-3H3/t17-,20+/m1/s1. The molecule has 1 heterocycles. The van der Waals surface area contributed by atoms with E-state index in [-0.39, 0.29) is 29.8 Å². The maximum Gasteiger partial charge on any atom is 0.233 e. The third-order valence-electron chi connectivity index (χ3n) is 5.08. The molecule has 1 aliphatic rings. The predicted molar refractivity (Wildman–Crippen MR) is 94.9 cm³/mol. The highest BCUT2D eigenvalue weighted by atomic mass is 19.1. The highest BCUT2D eigenvalue weighted by molar-refractivity contribution is 6.04. The van der Waals surface area contributed by atoms with Gasteiger partial charge in [-0.25, -0.2) is 4.39 Å². The fourth-order valence-electron chi connectivity index (χ4n) is 3.60. The first-order chi connectivity index (χ1) is 11.9. The molecule has 0 saturated carbocycles. The third-order valence-corrected chi connectivity index (χ3v) is 5.08. The Bertz CT molecular complexity index is 830. The molecule has 1 amide bonds. The normalized spacial score (nSPS) is 20.2. The monoisotopic (exact) mass is 339 g/mol. The van der Waals surface area contributed by atoms with Crippen LogP contribution in [0.1, 0.15) is 28.2 Å². The Morgan fingerprint density at radius 3 is 2.64 bits per heavy atom. The lowest BCUT2D eigenvalue weighted by Crippen LogP contribution is -2.29. The minimum atomic E-state index is -0.700. The van der Waals surface area contributed by atoms with Crippen LogP contribution in [-0.2, 0) is 16.0 Å². The first-order valence-electron chi connectivity index (χ1n) is 8.46. The zero-order valence-corrected chi connectivity index (χ0v) is 14.8. The molecule has 0 aliphatic carbocycles. The van der Waals surface area contributed by atoms with Crippen LogP contribution in [0.3, 0.4) is 0 Å². The SMILES string of the molecule is Cc1cccc([C@H]2CN(C)C(=O)[C@@H]2C(=O)Cc2cccc(F)c2C)c1. The second-order valence-electron chi connectivity index (χ2n) is 6.88. The molecule has 0 spiro atoms. The molecule has 2 aromatic carbocycles. The van der Waals surface area contributed by atoms with E-state index in [1.165, 1.54) is 6.07 Å². The lowest BCUT2D eigenvalue weighted by molar-refractivity contribution is -0.136. The molecule has 0 N–H and O–H groups in total. The average Bonchev–Trinajstić information content (AvgIpc) is 2.87. The van der Waals surface area contributed by atoms with Crippen LogP contribution in [0.25, 0.3) is 0 Å². The average molecular weight is 339 g/mol. The summed E-state index contributed by atoms with van der Waals surface area (Å²) in [6.07, 6.45) is 0.0795. The Hall–Kier alpha value is -2.49. The first-order valence-corrected chi connectivity index (χ1v) is 8.46. The quantitative estimate of drug-likeness (QED) is 0.801. The number of carbonyl (C=O) groups excluding carboxylic acids is 2. The summed E-state index contributed by atoms with van der Waals surface area (Å²) in [5, 5.41) is 0. The van der Waals surface area contributed by atoms with Crippen molar-refractivity contribution in [2.45, 2.75) is 26.2 Å². The molecule has 25 heavy (non-hydrogen) atoms. The first kappa shape index (κ1) is 17.3. The van der Waals surface area contributed by atoms with Gasteiger partial charge in [-0.1, -0.05) is 42.0 Å². The van der Waals surface area contributed by atoms with Gasteiger partial charge in [-0.05, 0) is 36.6 Å². The van der Waals surface area contributed by atoms with E-state index in [4.69, 9.17) is 0 Å². The van der Waals surface area contributed by atoms with Crippen LogP contribution in [0.4, 0.5) is 4.39 Å². The highest BCUT2D eigenvalue weighted by Crippen LogP contribution is 2.35. The summed E-state index contributed by atoms with van der Waals surface area (Å²) in [6, 6.07) is 12.7. The number of benzene rings is 2. The van der Waals surface area contributed by atoms with Gasteiger partial charge >= 0.3 is 0 Å². The molecule has 0 radical (unpaired) electrons. The molecule has 2 atom stereocenters. The molecule has 0 bridgehead atoms. The Kier molecular flexibility index (Phi) is 4.71. The van der Waals surface area contributed by atoms with Crippen LogP contribution in [-0.4, -0.2) is 30.2 Å². The fourth-order valence-corrected chi connectivity index (χ4v) is 3.60. The molecule has 1 saturated heterocycles. The van der Waals surface area contributed by atoms with Crippen LogP contribution in [0.15, 0.2) is 42.5 Å². The Morgan fingerprint density at radius 2 is 1.92 bits per heavy atom. The number of nitrogens with zero attached hydrogens (tertiary/aromatic N) is 1. The van der Waals surface area contributed by atoms with Crippen molar-refractivity contribution in [3.8, 4) is 0 Å². The lowest BCUT2D eigenvalue weighted by Gasteiger charge is -2.17.